The third kappa shape index (κ3) is 3.71. The van der Waals surface area contributed by atoms with E-state index in [9.17, 15) is 4.79 Å². The van der Waals surface area contributed by atoms with Crippen molar-refractivity contribution in [1.82, 2.24) is 14.9 Å². The van der Waals surface area contributed by atoms with Gasteiger partial charge in [0.25, 0.3) is 0 Å². The number of para-hydroxylation sites is 1. The van der Waals surface area contributed by atoms with Crippen molar-refractivity contribution >= 4 is 11.6 Å². The topological polar surface area (TPSA) is 76.6 Å². The van der Waals surface area contributed by atoms with E-state index in [4.69, 9.17) is 9.47 Å². The molecule has 1 N–H and O–H groups in total. The number of anilines is 1. The van der Waals surface area contributed by atoms with Crippen LogP contribution in [0.3, 0.4) is 0 Å². The first kappa shape index (κ1) is 18.6. The molecule has 2 aliphatic heterocycles. The fourth-order valence-electron chi connectivity index (χ4n) is 4.04. The van der Waals surface area contributed by atoms with Gasteiger partial charge in [-0.3, -0.25) is 19.7 Å². The Labute approximate surface area is 174 Å². The molecule has 5 rings (SSSR count). The van der Waals surface area contributed by atoms with Gasteiger partial charge in [0, 0.05) is 35.8 Å². The highest BCUT2D eigenvalue weighted by molar-refractivity contribution is 5.95. The third-order valence-corrected chi connectivity index (χ3v) is 5.53. The average Bonchev–Trinajstić information content (AvgIpc) is 3.45. The number of amides is 1. The zero-order chi connectivity index (χ0) is 20.3. The minimum absolute atomic E-state index is 0.0181. The number of nitrogens with zero attached hydrogens (tertiary/aromatic N) is 3. The monoisotopic (exact) mass is 402 g/mol. The lowest BCUT2D eigenvalue weighted by molar-refractivity contribution is -0.120. The summed E-state index contributed by atoms with van der Waals surface area (Å²) in [5, 5.41) is 3.06. The third-order valence-electron chi connectivity index (χ3n) is 5.53. The highest BCUT2D eigenvalue weighted by atomic mass is 16.7. The van der Waals surface area contributed by atoms with E-state index in [-0.39, 0.29) is 18.7 Å². The Morgan fingerprint density at radius 3 is 2.87 bits per heavy atom. The molecule has 0 aliphatic carbocycles. The average molecular weight is 402 g/mol. The molecule has 0 saturated carbocycles. The van der Waals surface area contributed by atoms with Crippen LogP contribution < -0.4 is 14.8 Å². The molecule has 7 heteroatoms. The first-order chi connectivity index (χ1) is 14.8. The Hall–Kier alpha value is -3.45. The molecule has 1 amide bonds. The summed E-state index contributed by atoms with van der Waals surface area (Å²) in [6.07, 6.45) is 6.87. The van der Waals surface area contributed by atoms with Gasteiger partial charge in [0.15, 0.2) is 11.5 Å². The molecule has 1 fully saturated rings. The quantitative estimate of drug-likeness (QED) is 0.704. The maximum atomic E-state index is 13.0. The molecule has 3 heterocycles. The van der Waals surface area contributed by atoms with Gasteiger partial charge in [-0.25, -0.2) is 0 Å². The molecule has 0 bridgehead atoms. The summed E-state index contributed by atoms with van der Waals surface area (Å²) in [4.78, 5) is 23.6. The van der Waals surface area contributed by atoms with Crippen LogP contribution >= 0.6 is 0 Å². The molecule has 1 unspecified atom stereocenters. The normalized spacial score (nSPS) is 17.8. The fourth-order valence-corrected chi connectivity index (χ4v) is 4.04. The highest BCUT2D eigenvalue weighted by Crippen LogP contribution is 2.37. The van der Waals surface area contributed by atoms with Crippen molar-refractivity contribution in [3.05, 3.63) is 66.6 Å². The molecule has 1 saturated heterocycles. The van der Waals surface area contributed by atoms with E-state index in [1.54, 1.807) is 18.6 Å². The van der Waals surface area contributed by atoms with Crippen LogP contribution in [-0.4, -0.2) is 40.2 Å². The van der Waals surface area contributed by atoms with Crippen LogP contribution in [0.4, 0.5) is 5.69 Å². The van der Waals surface area contributed by atoms with Gasteiger partial charge < -0.3 is 14.8 Å². The Kier molecular flexibility index (Phi) is 5.03. The van der Waals surface area contributed by atoms with Crippen molar-refractivity contribution in [3.8, 4) is 22.8 Å². The number of fused-ring (bicyclic) bond motifs is 1. The van der Waals surface area contributed by atoms with Crippen LogP contribution in [0, 0.1) is 0 Å². The highest BCUT2D eigenvalue weighted by Gasteiger charge is 2.32. The van der Waals surface area contributed by atoms with Crippen molar-refractivity contribution in [1.29, 1.82) is 0 Å². The van der Waals surface area contributed by atoms with E-state index < -0.39 is 0 Å². The smallest absolute Gasteiger partial charge is 0.241 e. The van der Waals surface area contributed by atoms with Gasteiger partial charge in [-0.15, -0.1) is 0 Å². The molecule has 1 aromatic heterocycles. The van der Waals surface area contributed by atoms with Crippen LogP contribution in [0.1, 0.15) is 18.4 Å². The van der Waals surface area contributed by atoms with Gasteiger partial charge in [0.05, 0.1) is 17.9 Å². The SMILES string of the molecule is O=C(Nc1ccc(-c2cnccn2)cc1)C1CCCN1Cc1cccc2c1OCO2. The molecule has 0 radical (unpaired) electrons. The zero-order valence-corrected chi connectivity index (χ0v) is 16.5. The summed E-state index contributed by atoms with van der Waals surface area (Å²) in [5.74, 6) is 1.59. The van der Waals surface area contributed by atoms with Gasteiger partial charge in [-0.05, 0) is 37.6 Å². The summed E-state index contributed by atoms with van der Waals surface area (Å²) in [6.45, 7) is 1.80. The molecule has 1 atom stereocenters. The Morgan fingerprint density at radius 2 is 2.03 bits per heavy atom. The zero-order valence-electron chi connectivity index (χ0n) is 16.5. The predicted molar refractivity (Wildman–Crippen MR) is 112 cm³/mol. The maximum absolute atomic E-state index is 13.0. The maximum Gasteiger partial charge on any atom is 0.241 e. The summed E-state index contributed by atoms with van der Waals surface area (Å²) in [7, 11) is 0. The molecule has 0 spiro atoms. The first-order valence-electron chi connectivity index (χ1n) is 10.1. The van der Waals surface area contributed by atoms with Crippen LogP contribution in [-0.2, 0) is 11.3 Å². The van der Waals surface area contributed by atoms with Crippen molar-refractivity contribution in [3.63, 3.8) is 0 Å². The minimum atomic E-state index is -0.164. The number of nitrogens with one attached hydrogen (secondary N) is 1. The van der Waals surface area contributed by atoms with E-state index in [2.05, 4.69) is 20.2 Å². The molecule has 152 valence electrons. The van der Waals surface area contributed by atoms with Crippen LogP contribution in [0.5, 0.6) is 11.5 Å². The molecule has 30 heavy (non-hydrogen) atoms. The Balaban J connectivity index is 1.26. The van der Waals surface area contributed by atoms with Crippen LogP contribution in [0.25, 0.3) is 11.3 Å². The summed E-state index contributed by atoms with van der Waals surface area (Å²) >= 11 is 0. The van der Waals surface area contributed by atoms with Gasteiger partial charge in [-0.2, -0.15) is 0 Å². The number of benzene rings is 2. The largest absolute Gasteiger partial charge is 0.454 e. The van der Waals surface area contributed by atoms with E-state index in [1.165, 1.54) is 0 Å². The number of carbonyl (C=O) groups is 1. The van der Waals surface area contributed by atoms with Gasteiger partial charge >= 0.3 is 0 Å². The van der Waals surface area contributed by atoms with E-state index in [0.29, 0.717) is 6.54 Å². The molecule has 3 aromatic rings. The second-order valence-corrected chi connectivity index (χ2v) is 7.44. The number of carbonyl (C=O) groups excluding carboxylic acids is 1. The number of hydrogen-bond donors (Lipinski definition) is 1. The first-order valence-corrected chi connectivity index (χ1v) is 10.1. The molecule has 2 aromatic carbocycles. The van der Waals surface area contributed by atoms with Crippen LogP contribution in [0.15, 0.2) is 61.1 Å². The second-order valence-electron chi connectivity index (χ2n) is 7.44. The van der Waals surface area contributed by atoms with Crippen LogP contribution in [0.2, 0.25) is 0 Å². The standard InChI is InChI=1S/C23H22N4O3/c28-23(26-18-8-6-16(7-9-18)19-13-24-10-11-25-19)20-4-2-12-27(20)14-17-3-1-5-21-22(17)30-15-29-21/h1,3,5-11,13,20H,2,4,12,14-15H2,(H,26,28). The fraction of sp³-hybridized carbons (Fsp3) is 0.261. The van der Waals surface area contributed by atoms with Crippen molar-refractivity contribution in [2.24, 2.45) is 0 Å². The molecular formula is C23H22N4O3. The van der Waals surface area contributed by atoms with E-state index in [1.807, 2.05) is 42.5 Å². The number of rotatable bonds is 5. The number of ether oxygens (including phenoxy) is 2. The number of likely N-dealkylation sites (tertiary alicyclic amines) is 1. The predicted octanol–water partition coefficient (Wildman–Crippen LogP) is 3.48. The lowest BCUT2D eigenvalue weighted by Crippen LogP contribution is -2.39. The van der Waals surface area contributed by atoms with Gasteiger partial charge in [0.2, 0.25) is 12.7 Å². The minimum Gasteiger partial charge on any atom is -0.454 e. The summed E-state index contributed by atoms with van der Waals surface area (Å²) in [6, 6.07) is 13.4. The van der Waals surface area contributed by atoms with Gasteiger partial charge in [-0.1, -0.05) is 24.3 Å². The van der Waals surface area contributed by atoms with Crippen molar-refractivity contribution < 1.29 is 14.3 Å². The molecule has 7 nitrogen and oxygen atoms in total. The molecule has 2 aliphatic rings. The summed E-state index contributed by atoms with van der Waals surface area (Å²) in [5.41, 5.74) is 3.59. The lowest BCUT2D eigenvalue weighted by atomic mass is 10.1. The van der Waals surface area contributed by atoms with Gasteiger partial charge in [0.1, 0.15) is 0 Å². The second kappa shape index (κ2) is 8.12. The van der Waals surface area contributed by atoms with Crippen molar-refractivity contribution in [2.75, 3.05) is 18.7 Å². The summed E-state index contributed by atoms with van der Waals surface area (Å²) < 4.78 is 11.1. The molecular weight excluding hydrogens is 380 g/mol. The number of aromatic nitrogens is 2. The van der Waals surface area contributed by atoms with E-state index in [0.717, 1.165) is 53.4 Å². The lowest BCUT2D eigenvalue weighted by Gasteiger charge is -2.24. The van der Waals surface area contributed by atoms with E-state index >= 15 is 0 Å². The van der Waals surface area contributed by atoms with Crippen molar-refractivity contribution in [2.45, 2.75) is 25.4 Å². The Bertz CT molecular complexity index is 1040. The number of hydrogen-bond acceptors (Lipinski definition) is 6. The Morgan fingerprint density at radius 1 is 1.13 bits per heavy atom.